The molecule has 1 aliphatic heterocycles. The number of nitrogens with one attached hydrogen (secondary N) is 2. The van der Waals surface area contributed by atoms with Crippen LogP contribution < -0.4 is 20.1 Å². The van der Waals surface area contributed by atoms with Gasteiger partial charge in [0, 0.05) is 11.3 Å². The number of carbonyl (C=O) groups is 2. The van der Waals surface area contributed by atoms with Crippen molar-refractivity contribution in [2.75, 3.05) is 24.9 Å². The van der Waals surface area contributed by atoms with Gasteiger partial charge in [-0.3, -0.25) is 9.59 Å². The number of aromatic nitrogens is 2. The molecule has 8 nitrogen and oxygen atoms in total. The lowest BCUT2D eigenvalue weighted by Crippen LogP contribution is -2.23. The van der Waals surface area contributed by atoms with Crippen molar-refractivity contribution in [1.29, 1.82) is 0 Å². The van der Waals surface area contributed by atoms with Gasteiger partial charge in [0.15, 0.2) is 11.5 Å². The number of anilines is 2. The Hall–Kier alpha value is -3.81. The van der Waals surface area contributed by atoms with Crippen LogP contribution in [0.2, 0.25) is 0 Å². The largest absolute Gasteiger partial charge is 0.493 e. The normalized spacial score (nSPS) is 14.8. The van der Waals surface area contributed by atoms with E-state index in [1.165, 1.54) is 0 Å². The topological polar surface area (TPSA) is 94.5 Å². The van der Waals surface area contributed by atoms with Crippen molar-refractivity contribution in [2.24, 2.45) is 0 Å². The molecule has 0 bridgehead atoms. The summed E-state index contributed by atoms with van der Waals surface area (Å²) in [6, 6.07) is 12.3. The highest BCUT2D eigenvalue weighted by atomic mass is 16.5. The Morgan fingerprint density at radius 3 is 2.67 bits per heavy atom. The predicted molar refractivity (Wildman–Crippen MR) is 113 cm³/mol. The van der Waals surface area contributed by atoms with Gasteiger partial charge in [-0.2, -0.15) is 5.10 Å². The van der Waals surface area contributed by atoms with Crippen LogP contribution in [0.25, 0.3) is 11.1 Å². The number of carbonyl (C=O) groups excluding carboxylic acids is 2. The van der Waals surface area contributed by atoms with Crippen LogP contribution in [-0.4, -0.2) is 35.8 Å². The van der Waals surface area contributed by atoms with E-state index in [9.17, 15) is 9.59 Å². The molecule has 0 saturated heterocycles. The quantitative estimate of drug-likeness (QED) is 0.654. The number of para-hydroxylation sites is 1. The summed E-state index contributed by atoms with van der Waals surface area (Å²) in [6.07, 6.45) is 1.66. The van der Waals surface area contributed by atoms with Crippen LogP contribution in [0.4, 0.5) is 11.5 Å². The number of aryl methyl sites for hydroxylation is 1. The summed E-state index contributed by atoms with van der Waals surface area (Å²) in [5.74, 6) is 1.23. The third kappa shape index (κ3) is 3.47. The van der Waals surface area contributed by atoms with Gasteiger partial charge >= 0.3 is 0 Å². The van der Waals surface area contributed by atoms with E-state index in [0.717, 1.165) is 22.4 Å². The van der Waals surface area contributed by atoms with Crippen LogP contribution in [-0.2, 0) is 9.59 Å². The average molecular weight is 406 g/mol. The first-order valence-corrected chi connectivity index (χ1v) is 9.48. The van der Waals surface area contributed by atoms with Gasteiger partial charge < -0.3 is 20.1 Å². The number of hydrogen-bond donors (Lipinski definition) is 2. The lowest BCUT2D eigenvalue weighted by molar-refractivity contribution is -0.123. The smallest absolute Gasteiger partial charge is 0.251 e. The first kappa shape index (κ1) is 19.5. The van der Waals surface area contributed by atoms with E-state index in [1.54, 1.807) is 31.2 Å². The number of fused-ring (bicyclic) bond motifs is 1. The standard InChI is InChI=1S/C22H22N4O4/c1-13-6-4-5-7-16(13)24-20(27)11-17-22(28)25-21-15(12-23-26(17)21)14-8-9-18(29-2)19(10-14)30-3/h4-10,12,17H,11H2,1-3H3,(H,24,27)(H,25,28). The minimum atomic E-state index is -0.710. The number of benzene rings is 2. The summed E-state index contributed by atoms with van der Waals surface area (Å²) < 4.78 is 12.2. The molecular formula is C22H22N4O4. The minimum absolute atomic E-state index is 0.0137. The number of rotatable bonds is 6. The summed E-state index contributed by atoms with van der Waals surface area (Å²) in [4.78, 5) is 25.1. The molecule has 0 radical (unpaired) electrons. The number of nitrogens with zero attached hydrogens (tertiary/aromatic N) is 2. The van der Waals surface area contributed by atoms with Gasteiger partial charge in [0.25, 0.3) is 5.91 Å². The molecule has 0 aliphatic carbocycles. The maximum absolute atomic E-state index is 12.6. The molecule has 1 aromatic heterocycles. The average Bonchev–Trinajstić information content (AvgIpc) is 3.28. The van der Waals surface area contributed by atoms with E-state index >= 15 is 0 Å². The van der Waals surface area contributed by atoms with Crippen molar-refractivity contribution >= 4 is 23.3 Å². The van der Waals surface area contributed by atoms with Gasteiger partial charge in [-0.05, 0) is 36.2 Å². The van der Waals surface area contributed by atoms with Crippen LogP contribution in [0.3, 0.4) is 0 Å². The first-order chi connectivity index (χ1) is 14.5. The van der Waals surface area contributed by atoms with E-state index in [4.69, 9.17) is 9.47 Å². The molecule has 1 aliphatic rings. The maximum atomic E-state index is 12.6. The highest BCUT2D eigenvalue weighted by Gasteiger charge is 2.35. The van der Waals surface area contributed by atoms with E-state index in [1.807, 2.05) is 43.3 Å². The van der Waals surface area contributed by atoms with Crippen molar-refractivity contribution in [1.82, 2.24) is 9.78 Å². The summed E-state index contributed by atoms with van der Waals surface area (Å²) in [7, 11) is 3.14. The highest BCUT2D eigenvalue weighted by Crippen LogP contribution is 2.39. The van der Waals surface area contributed by atoms with Gasteiger partial charge in [0.1, 0.15) is 11.9 Å². The monoisotopic (exact) mass is 406 g/mol. The molecule has 0 spiro atoms. The molecule has 2 N–H and O–H groups in total. The van der Waals surface area contributed by atoms with Crippen molar-refractivity contribution in [3.8, 4) is 22.6 Å². The highest BCUT2D eigenvalue weighted by molar-refractivity contribution is 6.04. The Morgan fingerprint density at radius 1 is 1.17 bits per heavy atom. The van der Waals surface area contributed by atoms with Crippen LogP contribution in [0.1, 0.15) is 18.0 Å². The molecule has 1 atom stereocenters. The summed E-state index contributed by atoms with van der Waals surface area (Å²) in [5, 5.41) is 10.1. The predicted octanol–water partition coefficient (Wildman–Crippen LogP) is 3.40. The Kier molecular flexibility index (Phi) is 5.14. The Morgan fingerprint density at radius 2 is 1.93 bits per heavy atom. The number of ether oxygens (including phenoxy) is 2. The molecule has 154 valence electrons. The first-order valence-electron chi connectivity index (χ1n) is 9.48. The van der Waals surface area contributed by atoms with E-state index < -0.39 is 6.04 Å². The molecule has 30 heavy (non-hydrogen) atoms. The zero-order valence-corrected chi connectivity index (χ0v) is 16.9. The van der Waals surface area contributed by atoms with Gasteiger partial charge in [-0.25, -0.2) is 4.68 Å². The summed E-state index contributed by atoms with van der Waals surface area (Å²) in [5.41, 5.74) is 3.25. The Labute approximate surface area is 173 Å². The van der Waals surface area contributed by atoms with Crippen molar-refractivity contribution in [3.05, 3.63) is 54.2 Å². The van der Waals surface area contributed by atoms with Crippen molar-refractivity contribution < 1.29 is 19.1 Å². The van der Waals surface area contributed by atoms with E-state index in [0.29, 0.717) is 17.3 Å². The zero-order chi connectivity index (χ0) is 21.3. The van der Waals surface area contributed by atoms with Gasteiger partial charge in [-0.1, -0.05) is 24.3 Å². The number of methoxy groups -OCH3 is 2. The zero-order valence-electron chi connectivity index (χ0n) is 16.9. The molecule has 2 heterocycles. The molecule has 2 aromatic carbocycles. The van der Waals surface area contributed by atoms with Crippen LogP contribution >= 0.6 is 0 Å². The molecule has 4 rings (SSSR count). The molecular weight excluding hydrogens is 384 g/mol. The Balaban J connectivity index is 1.57. The van der Waals surface area contributed by atoms with Crippen LogP contribution in [0.5, 0.6) is 11.5 Å². The second-order valence-electron chi connectivity index (χ2n) is 6.99. The van der Waals surface area contributed by atoms with Gasteiger partial charge in [0.05, 0.1) is 26.8 Å². The van der Waals surface area contributed by atoms with Crippen LogP contribution in [0.15, 0.2) is 48.7 Å². The van der Waals surface area contributed by atoms with E-state index in [-0.39, 0.29) is 18.2 Å². The third-order valence-corrected chi connectivity index (χ3v) is 5.13. The molecule has 0 saturated carbocycles. The lowest BCUT2D eigenvalue weighted by Gasteiger charge is -2.11. The van der Waals surface area contributed by atoms with E-state index in [2.05, 4.69) is 15.7 Å². The fourth-order valence-electron chi connectivity index (χ4n) is 3.52. The van der Waals surface area contributed by atoms with Gasteiger partial charge in [0.2, 0.25) is 5.91 Å². The molecule has 3 aromatic rings. The Bertz CT molecular complexity index is 1120. The van der Waals surface area contributed by atoms with Crippen LogP contribution in [0, 0.1) is 6.92 Å². The second-order valence-corrected chi connectivity index (χ2v) is 6.99. The summed E-state index contributed by atoms with van der Waals surface area (Å²) >= 11 is 0. The van der Waals surface area contributed by atoms with Gasteiger partial charge in [-0.15, -0.1) is 0 Å². The lowest BCUT2D eigenvalue weighted by atomic mass is 10.1. The van der Waals surface area contributed by atoms with Crippen molar-refractivity contribution in [2.45, 2.75) is 19.4 Å². The SMILES string of the molecule is COc1ccc(-c2cnn3c2NC(=O)C3CC(=O)Nc2ccccc2C)cc1OC. The van der Waals surface area contributed by atoms with Crippen molar-refractivity contribution in [3.63, 3.8) is 0 Å². The fourth-order valence-corrected chi connectivity index (χ4v) is 3.52. The molecule has 0 fully saturated rings. The number of hydrogen-bond acceptors (Lipinski definition) is 5. The molecule has 1 unspecified atom stereocenters. The second kappa shape index (κ2) is 7.90. The maximum Gasteiger partial charge on any atom is 0.251 e. The number of amides is 2. The molecule has 8 heteroatoms. The molecule has 2 amide bonds. The minimum Gasteiger partial charge on any atom is -0.493 e. The summed E-state index contributed by atoms with van der Waals surface area (Å²) in [6.45, 7) is 1.92. The third-order valence-electron chi connectivity index (χ3n) is 5.13. The fraction of sp³-hybridized carbons (Fsp3) is 0.227.